The molecule has 5 nitrogen and oxygen atoms in total. The van der Waals surface area contributed by atoms with E-state index in [1.807, 2.05) is 4.90 Å². The molecule has 1 aliphatic rings. The van der Waals surface area contributed by atoms with Crippen LogP contribution in [0.3, 0.4) is 0 Å². The van der Waals surface area contributed by atoms with Crippen LogP contribution >= 0.6 is 0 Å². The molecule has 5 heteroatoms. The first-order valence-electron chi connectivity index (χ1n) is 6.34. The zero-order chi connectivity index (χ0) is 12.8. The molecule has 0 bridgehead atoms. The molecule has 17 heavy (non-hydrogen) atoms. The van der Waals surface area contributed by atoms with Crippen LogP contribution in [0.5, 0.6) is 0 Å². The Morgan fingerprint density at radius 1 is 1.29 bits per heavy atom. The number of carbonyl (C=O) groups is 1. The summed E-state index contributed by atoms with van der Waals surface area (Å²) in [5.41, 5.74) is 0. The normalized spacial score (nSPS) is 19.7. The maximum absolute atomic E-state index is 11.9. The van der Waals surface area contributed by atoms with Gasteiger partial charge in [0.15, 0.2) is 0 Å². The summed E-state index contributed by atoms with van der Waals surface area (Å²) in [6, 6.07) is 0.454. The number of hydrogen-bond acceptors (Lipinski definition) is 4. The molecule has 1 fully saturated rings. The summed E-state index contributed by atoms with van der Waals surface area (Å²) in [7, 11) is 6.20. The van der Waals surface area contributed by atoms with Gasteiger partial charge in [-0.25, -0.2) is 0 Å². The smallest absolute Gasteiger partial charge is 0.236 e. The zero-order valence-electron chi connectivity index (χ0n) is 11.6. The van der Waals surface area contributed by atoms with Crippen LogP contribution in [-0.2, 0) is 4.79 Å². The third kappa shape index (κ3) is 5.02. The number of nitrogens with one attached hydrogen (secondary N) is 1. The van der Waals surface area contributed by atoms with Gasteiger partial charge in [0.1, 0.15) is 0 Å². The number of carbonyl (C=O) groups excluding carboxylic acids is 1. The van der Waals surface area contributed by atoms with Gasteiger partial charge in [0, 0.05) is 38.8 Å². The third-order valence-corrected chi connectivity index (χ3v) is 3.45. The van der Waals surface area contributed by atoms with E-state index < -0.39 is 0 Å². The summed E-state index contributed by atoms with van der Waals surface area (Å²) in [5, 5.41) is 3.23. The molecule has 1 aliphatic heterocycles. The van der Waals surface area contributed by atoms with Crippen molar-refractivity contribution in [2.75, 3.05) is 60.4 Å². The number of nitrogens with zero attached hydrogens (tertiary/aromatic N) is 3. The van der Waals surface area contributed by atoms with Crippen molar-refractivity contribution in [3.8, 4) is 0 Å². The first-order valence-corrected chi connectivity index (χ1v) is 6.34. The van der Waals surface area contributed by atoms with Crippen LogP contribution in [0.4, 0.5) is 0 Å². The Bertz CT molecular complexity index is 237. The van der Waals surface area contributed by atoms with Crippen LogP contribution in [0, 0.1) is 0 Å². The van der Waals surface area contributed by atoms with Gasteiger partial charge in [-0.15, -0.1) is 0 Å². The highest BCUT2D eigenvalue weighted by Crippen LogP contribution is 1.99. The minimum Gasteiger partial charge on any atom is -0.339 e. The van der Waals surface area contributed by atoms with Gasteiger partial charge < -0.3 is 20.0 Å². The highest BCUT2D eigenvalue weighted by atomic mass is 16.2. The van der Waals surface area contributed by atoms with Gasteiger partial charge in [0.2, 0.25) is 5.91 Å². The highest BCUT2D eigenvalue weighted by Gasteiger charge is 2.18. The molecule has 0 radical (unpaired) electrons. The van der Waals surface area contributed by atoms with Gasteiger partial charge in [0.25, 0.3) is 0 Å². The first-order chi connectivity index (χ1) is 8.00. The predicted molar refractivity (Wildman–Crippen MR) is 70.1 cm³/mol. The molecule has 1 amide bonds. The molecule has 100 valence electrons. The number of amides is 1. The van der Waals surface area contributed by atoms with Crippen molar-refractivity contribution in [2.24, 2.45) is 0 Å². The van der Waals surface area contributed by atoms with E-state index in [1.165, 1.54) is 0 Å². The molecule has 0 aromatic rings. The quantitative estimate of drug-likeness (QED) is 0.692. The van der Waals surface area contributed by atoms with Crippen molar-refractivity contribution in [1.29, 1.82) is 0 Å². The summed E-state index contributed by atoms with van der Waals surface area (Å²) >= 11 is 0. The lowest BCUT2D eigenvalue weighted by atomic mass is 10.3. The summed E-state index contributed by atoms with van der Waals surface area (Å²) < 4.78 is 0. The van der Waals surface area contributed by atoms with Gasteiger partial charge in [-0.2, -0.15) is 0 Å². The predicted octanol–water partition coefficient (Wildman–Crippen LogP) is -0.700. The maximum Gasteiger partial charge on any atom is 0.236 e. The molecule has 0 aromatic carbocycles. The van der Waals surface area contributed by atoms with E-state index in [1.54, 1.807) is 0 Å². The Hall–Kier alpha value is -0.650. The molecule has 1 N–H and O–H groups in total. The van der Waals surface area contributed by atoms with Crippen LogP contribution in [-0.4, -0.2) is 87.1 Å². The molecule has 0 aromatic heterocycles. The van der Waals surface area contributed by atoms with E-state index in [0.29, 0.717) is 12.6 Å². The lowest BCUT2D eigenvalue weighted by Crippen LogP contribution is -2.50. The van der Waals surface area contributed by atoms with E-state index in [9.17, 15) is 4.79 Å². The largest absolute Gasteiger partial charge is 0.339 e. The van der Waals surface area contributed by atoms with Crippen LogP contribution in [0.25, 0.3) is 0 Å². The highest BCUT2D eigenvalue weighted by molar-refractivity contribution is 5.78. The summed E-state index contributed by atoms with van der Waals surface area (Å²) in [4.78, 5) is 18.2. The van der Waals surface area contributed by atoms with Crippen molar-refractivity contribution in [1.82, 2.24) is 20.0 Å². The summed E-state index contributed by atoms with van der Waals surface area (Å²) in [6.07, 6.45) is 0. The molecule has 1 unspecified atom stereocenters. The molecule has 1 rings (SSSR count). The van der Waals surface area contributed by atoms with Crippen LogP contribution in [0.15, 0.2) is 0 Å². The van der Waals surface area contributed by atoms with Crippen molar-refractivity contribution in [3.63, 3.8) is 0 Å². The Morgan fingerprint density at radius 2 is 1.88 bits per heavy atom. The van der Waals surface area contributed by atoms with E-state index in [-0.39, 0.29) is 5.91 Å². The van der Waals surface area contributed by atoms with E-state index >= 15 is 0 Å². The minimum absolute atomic E-state index is 0.226. The summed E-state index contributed by atoms with van der Waals surface area (Å²) in [5.74, 6) is 0.226. The summed E-state index contributed by atoms with van der Waals surface area (Å²) in [6.45, 7) is 7.15. The fraction of sp³-hybridized carbons (Fsp3) is 0.917. The van der Waals surface area contributed by atoms with Crippen molar-refractivity contribution < 1.29 is 4.79 Å². The Morgan fingerprint density at radius 3 is 2.41 bits per heavy atom. The van der Waals surface area contributed by atoms with Crippen LogP contribution in [0.1, 0.15) is 6.92 Å². The number of hydrogen-bond donors (Lipinski definition) is 1. The van der Waals surface area contributed by atoms with E-state index in [4.69, 9.17) is 0 Å². The molecular weight excluding hydrogens is 216 g/mol. The second-order valence-corrected chi connectivity index (χ2v) is 5.13. The topological polar surface area (TPSA) is 38.8 Å². The molecular formula is C12H26N4O. The molecule has 1 saturated heterocycles. The standard InChI is InChI=1S/C12H26N4O/c1-11(14(2)3)9-13-10-12(17)16-7-5-15(4)6-8-16/h11,13H,5-10H2,1-4H3. The Kier molecular flexibility index (Phi) is 5.88. The van der Waals surface area contributed by atoms with Crippen molar-refractivity contribution in [3.05, 3.63) is 0 Å². The average molecular weight is 242 g/mol. The van der Waals surface area contributed by atoms with Gasteiger partial charge >= 0.3 is 0 Å². The SMILES string of the molecule is CC(CNCC(=O)N1CCN(C)CC1)N(C)C. The van der Waals surface area contributed by atoms with Crippen LogP contribution < -0.4 is 5.32 Å². The fourth-order valence-electron chi connectivity index (χ4n) is 1.74. The molecule has 1 heterocycles. The van der Waals surface area contributed by atoms with Crippen molar-refractivity contribution in [2.45, 2.75) is 13.0 Å². The number of piperazine rings is 1. The Labute approximate surface area is 105 Å². The third-order valence-electron chi connectivity index (χ3n) is 3.45. The van der Waals surface area contributed by atoms with Crippen LogP contribution in [0.2, 0.25) is 0 Å². The minimum atomic E-state index is 0.226. The lowest BCUT2D eigenvalue weighted by molar-refractivity contribution is -0.131. The second kappa shape index (κ2) is 6.93. The molecule has 0 aliphatic carbocycles. The fourth-order valence-corrected chi connectivity index (χ4v) is 1.74. The van der Waals surface area contributed by atoms with Gasteiger partial charge in [-0.05, 0) is 28.1 Å². The van der Waals surface area contributed by atoms with Gasteiger partial charge in [0.05, 0.1) is 6.54 Å². The lowest BCUT2D eigenvalue weighted by Gasteiger charge is -2.32. The zero-order valence-corrected chi connectivity index (χ0v) is 11.6. The maximum atomic E-state index is 11.9. The molecule has 0 spiro atoms. The van der Waals surface area contributed by atoms with Gasteiger partial charge in [-0.3, -0.25) is 4.79 Å². The van der Waals surface area contributed by atoms with Gasteiger partial charge in [-0.1, -0.05) is 0 Å². The van der Waals surface area contributed by atoms with E-state index in [2.05, 4.69) is 43.2 Å². The molecule has 1 atom stereocenters. The Balaban J connectivity index is 2.17. The van der Waals surface area contributed by atoms with Crippen molar-refractivity contribution >= 4 is 5.91 Å². The number of rotatable bonds is 5. The monoisotopic (exact) mass is 242 g/mol. The second-order valence-electron chi connectivity index (χ2n) is 5.13. The van der Waals surface area contributed by atoms with E-state index in [0.717, 1.165) is 32.7 Å². The average Bonchev–Trinajstić information content (AvgIpc) is 2.29. The molecule has 0 saturated carbocycles. The number of likely N-dealkylation sites (N-methyl/N-ethyl adjacent to an activating group) is 2. The first kappa shape index (κ1) is 14.4.